The molecule has 1 nitrogen and oxygen atoms in total. The van der Waals surface area contributed by atoms with E-state index in [0.717, 1.165) is 5.92 Å². The molecule has 0 aromatic heterocycles. The summed E-state index contributed by atoms with van der Waals surface area (Å²) < 4.78 is 0. The Morgan fingerprint density at radius 3 is 1.62 bits per heavy atom. The van der Waals surface area contributed by atoms with Crippen LogP contribution in [-0.2, 0) is 0 Å². The van der Waals surface area contributed by atoms with Crippen molar-refractivity contribution in [3.8, 4) is 0 Å². The van der Waals surface area contributed by atoms with Crippen LogP contribution in [0, 0.1) is 5.92 Å². The van der Waals surface area contributed by atoms with Crippen LogP contribution >= 0.6 is 0 Å². The van der Waals surface area contributed by atoms with Crippen LogP contribution in [0.2, 0.25) is 0 Å². The van der Waals surface area contributed by atoms with Crippen LogP contribution in [-0.4, -0.2) is 12.1 Å². The minimum absolute atomic E-state index is 0.269. The maximum absolute atomic E-state index is 3.66. The first-order valence-electron chi connectivity index (χ1n) is 9.74. The first-order chi connectivity index (χ1) is 9.99. The molecule has 0 saturated carbocycles. The Morgan fingerprint density at radius 2 is 1.19 bits per heavy atom. The van der Waals surface area contributed by atoms with Gasteiger partial charge in [0, 0.05) is 5.54 Å². The molecule has 0 aliphatic heterocycles. The second kappa shape index (κ2) is 13.6. The second-order valence-corrected chi connectivity index (χ2v) is 7.88. The van der Waals surface area contributed by atoms with E-state index < -0.39 is 0 Å². The lowest BCUT2D eigenvalue weighted by Gasteiger charge is -2.24. The van der Waals surface area contributed by atoms with Gasteiger partial charge in [0.15, 0.2) is 0 Å². The van der Waals surface area contributed by atoms with Gasteiger partial charge in [-0.2, -0.15) is 0 Å². The zero-order valence-electron chi connectivity index (χ0n) is 15.8. The van der Waals surface area contributed by atoms with Crippen molar-refractivity contribution in [2.24, 2.45) is 5.92 Å². The lowest BCUT2D eigenvalue weighted by Crippen LogP contribution is -2.39. The first kappa shape index (κ1) is 21.0. The van der Waals surface area contributed by atoms with Crippen LogP contribution in [0.15, 0.2) is 0 Å². The molecule has 0 saturated heterocycles. The fourth-order valence-electron chi connectivity index (χ4n) is 2.82. The Hall–Kier alpha value is -0.0400. The van der Waals surface area contributed by atoms with E-state index in [1.165, 1.54) is 83.6 Å². The summed E-state index contributed by atoms with van der Waals surface area (Å²) in [7, 11) is 0. The summed E-state index contributed by atoms with van der Waals surface area (Å²) in [5.41, 5.74) is 0.269. The molecule has 0 aromatic carbocycles. The van der Waals surface area contributed by atoms with Crippen molar-refractivity contribution < 1.29 is 0 Å². The van der Waals surface area contributed by atoms with Crippen molar-refractivity contribution in [3.05, 3.63) is 0 Å². The number of nitrogens with one attached hydrogen (secondary N) is 1. The Balaban J connectivity index is 3.35. The minimum atomic E-state index is 0.269. The molecule has 0 spiro atoms. The number of unbranched alkanes of at least 4 members (excludes halogenated alkanes) is 9. The van der Waals surface area contributed by atoms with Gasteiger partial charge in [-0.3, -0.25) is 0 Å². The molecular weight excluding hydrogens is 254 g/mol. The highest BCUT2D eigenvalue weighted by atomic mass is 14.9. The van der Waals surface area contributed by atoms with Gasteiger partial charge in [-0.1, -0.05) is 84.5 Å². The van der Waals surface area contributed by atoms with Crippen LogP contribution in [0.1, 0.15) is 112 Å². The molecule has 1 N–H and O–H groups in total. The van der Waals surface area contributed by atoms with E-state index >= 15 is 0 Å². The van der Waals surface area contributed by atoms with Gasteiger partial charge in [0.2, 0.25) is 0 Å². The topological polar surface area (TPSA) is 12.0 Å². The molecule has 1 heteroatoms. The lowest BCUT2D eigenvalue weighted by atomic mass is 9.96. The average molecular weight is 298 g/mol. The number of rotatable bonds is 14. The van der Waals surface area contributed by atoms with Crippen molar-refractivity contribution in [2.45, 2.75) is 117 Å². The second-order valence-electron chi connectivity index (χ2n) is 7.88. The largest absolute Gasteiger partial charge is 0.312 e. The lowest BCUT2D eigenvalue weighted by molar-refractivity contribution is 0.344. The van der Waals surface area contributed by atoms with Crippen molar-refractivity contribution in [3.63, 3.8) is 0 Å². The summed E-state index contributed by atoms with van der Waals surface area (Å²) in [5, 5.41) is 3.66. The fraction of sp³-hybridized carbons (Fsp3) is 1.00. The molecule has 0 heterocycles. The van der Waals surface area contributed by atoms with Gasteiger partial charge in [0.1, 0.15) is 0 Å². The van der Waals surface area contributed by atoms with E-state index in [1.807, 2.05) is 0 Å². The van der Waals surface area contributed by atoms with Gasteiger partial charge in [-0.25, -0.2) is 0 Å². The maximum atomic E-state index is 3.66. The summed E-state index contributed by atoms with van der Waals surface area (Å²) >= 11 is 0. The Labute approximate surface area is 135 Å². The zero-order valence-corrected chi connectivity index (χ0v) is 15.8. The SMILES string of the molecule is CCCCCCCCCCCCC(CC)CNC(C)(C)C. The summed E-state index contributed by atoms with van der Waals surface area (Å²) in [6.45, 7) is 12.6. The van der Waals surface area contributed by atoms with E-state index in [9.17, 15) is 0 Å². The van der Waals surface area contributed by atoms with Crippen molar-refractivity contribution in [1.29, 1.82) is 0 Å². The van der Waals surface area contributed by atoms with E-state index in [1.54, 1.807) is 0 Å². The third-order valence-corrected chi connectivity index (χ3v) is 4.46. The van der Waals surface area contributed by atoms with Gasteiger partial charge in [-0.15, -0.1) is 0 Å². The van der Waals surface area contributed by atoms with Gasteiger partial charge in [0.05, 0.1) is 0 Å². The molecule has 128 valence electrons. The highest BCUT2D eigenvalue weighted by molar-refractivity contribution is 4.72. The summed E-state index contributed by atoms with van der Waals surface area (Å²) in [6.07, 6.45) is 17.2. The predicted molar refractivity (Wildman–Crippen MR) is 98.0 cm³/mol. The van der Waals surface area contributed by atoms with E-state index in [-0.39, 0.29) is 5.54 Å². The van der Waals surface area contributed by atoms with Crippen molar-refractivity contribution in [2.75, 3.05) is 6.54 Å². The van der Waals surface area contributed by atoms with Gasteiger partial charge < -0.3 is 5.32 Å². The maximum Gasteiger partial charge on any atom is 0.00966 e. The molecule has 21 heavy (non-hydrogen) atoms. The molecule has 0 rings (SSSR count). The Bertz CT molecular complexity index is 204. The van der Waals surface area contributed by atoms with Crippen LogP contribution < -0.4 is 5.32 Å². The smallest absolute Gasteiger partial charge is 0.00966 e. The van der Waals surface area contributed by atoms with Crippen LogP contribution in [0.4, 0.5) is 0 Å². The fourth-order valence-corrected chi connectivity index (χ4v) is 2.82. The van der Waals surface area contributed by atoms with Crippen molar-refractivity contribution >= 4 is 0 Å². The van der Waals surface area contributed by atoms with E-state index in [4.69, 9.17) is 0 Å². The molecule has 0 fully saturated rings. The standard InChI is InChI=1S/C20H43N/c1-6-8-9-10-11-12-13-14-15-16-17-19(7-2)18-21-20(3,4)5/h19,21H,6-18H2,1-5H3. The summed E-state index contributed by atoms with van der Waals surface area (Å²) in [6, 6.07) is 0. The van der Waals surface area contributed by atoms with Gasteiger partial charge in [-0.05, 0) is 39.7 Å². The highest BCUT2D eigenvalue weighted by Gasteiger charge is 2.12. The molecule has 1 atom stereocenters. The Morgan fingerprint density at radius 1 is 0.714 bits per heavy atom. The quantitative estimate of drug-likeness (QED) is 0.351. The molecule has 0 bridgehead atoms. The molecule has 0 aliphatic rings. The van der Waals surface area contributed by atoms with Gasteiger partial charge in [0.25, 0.3) is 0 Å². The molecular formula is C20H43N. The van der Waals surface area contributed by atoms with Crippen LogP contribution in [0.25, 0.3) is 0 Å². The predicted octanol–water partition coefficient (Wildman–Crippen LogP) is 6.71. The van der Waals surface area contributed by atoms with E-state index in [2.05, 4.69) is 39.9 Å². The normalized spacial score (nSPS) is 13.6. The number of hydrogen-bond acceptors (Lipinski definition) is 1. The third-order valence-electron chi connectivity index (χ3n) is 4.46. The first-order valence-corrected chi connectivity index (χ1v) is 9.74. The Kier molecular flexibility index (Phi) is 13.6. The van der Waals surface area contributed by atoms with E-state index in [0.29, 0.717) is 0 Å². The van der Waals surface area contributed by atoms with Crippen LogP contribution in [0.5, 0.6) is 0 Å². The highest BCUT2D eigenvalue weighted by Crippen LogP contribution is 2.16. The summed E-state index contributed by atoms with van der Waals surface area (Å²) in [4.78, 5) is 0. The monoisotopic (exact) mass is 297 g/mol. The molecule has 0 aliphatic carbocycles. The summed E-state index contributed by atoms with van der Waals surface area (Å²) in [5.74, 6) is 0.873. The van der Waals surface area contributed by atoms with Crippen molar-refractivity contribution in [1.82, 2.24) is 5.32 Å². The molecule has 0 amide bonds. The molecule has 0 radical (unpaired) electrons. The van der Waals surface area contributed by atoms with Gasteiger partial charge >= 0.3 is 0 Å². The minimum Gasteiger partial charge on any atom is -0.312 e. The number of hydrogen-bond donors (Lipinski definition) is 1. The third kappa shape index (κ3) is 16.2. The molecule has 1 unspecified atom stereocenters. The average Bonchev–Trinajstić information content (AvgIpc) is 2.43. The molecule has 0 aromatic rings. The van der Waals surface area contributed by atoms with Crippen LogP contribution in [0.3, 0.4) is 0 Å². The zero-order chi connectivity index (χ0) is 16.0.